The highest BCUT2D eigenvalue weighted by Gasteiger charge is 2.49. The highest BCUT2D eigenvalue weighted by atomic mass is 16.5. The van der Waals surface area contributed by atoms with Crippen LogP contribution in [0.2, 0.25) is 0 Å². The number of allylic oxidation sites excluding steroid dienone is 2. The molecular weight excluding hydrogens is 222 g/mol. The molecule has 0 radical (unpaired) electrons. The molecule has 1 aromatic rings. The summed E-state index contributed by atoms with van der Waals surface area (Å²) in [5, 5.41) is 0. The molecule has 1 unspecified atom stereocenters. The summed E-state index contributed by atoms with van der Waals surface area (Å²) >= 11 is 0. The van der Waals surface area contributed by atoms with Gasteiger partial charge in [-0.15, -0.1) is 0 Å². The first kappa shape index (κ1) is 8.70. The van der Waals surface area contributed by atoms with E-state index >= 15 is 0 Å². The molecule has 2 bridgehead atoms. The van der Waals surface area contributed by atoms with Gasteiger partial charge in [0.25, 0.3) is 0 Å². The lowest BCUT2D eigenvalue weighted by atomic mass is 9.76. The number of benzene rings is 1. The Morgan fingerprint density at radius 3 is 2.94 bits per heavy atom. The van der Waals surface area contributed by atoms with Gasteiger partial charge in [0.1, 0.15) is 5.76 Å². The van der Waals surface area contributed by atoms with Gasteiger partial charge >= 0.3 is 0 Å². The fourth-order valence-corrected chi connectivity index (χ4v) is 3.19. The van der Waals surface area contributed by atoms with Gasteiger partial charge in [-0.3, -0.25) is 4.99 Å². The highest BCUT2D eigenvalue weighted by molar-refractivity contribution is 6.22. The molecule has 2 aliphatic carbocycles. The molecule has 1 aromatic carbocycles. The van der Waals surface area contributed by atoms with Crippen LogP contribution in [0.3, 0.4) is 0 Å². The van der Waals surface area contributed by atoms with Gasteiger partial charge in [0.05, 0.1) is 17.5 Å². The normalized spacial score (nSPS) is 28.7. The monoisotopic (exact) mass is 231 g/mol. The Morgan fingerprint density at radius 1 is 1.06 bits per heavy atom. The first-order valence-electron chi connectivity index (χ1n) is 6.08. The molecule has 4 aliphatic rings. The van der Waals surface area contributed by atoms with Crippen molar-refractivity contribution >= 4 is 17.4 Å². The van der Waals surface area contributed by atoms with E-state index in [2.05, 4.69) is 53.6 Å². The Labute approximate surface area is 104 Å². The van der Waals surface area contributed by atoms with E-state index in [0.717, 1.165) is 11.5 Å². The summed E-state index contributed by atoms with van der Waals surface area (Å²) in [5.41, 5.74) is 5.58. The second-order valence-corrected chi connectivity index (χ2v) is 4.91. The topological polar surface area (TPSA) is 21.6 Å². The van der Waals surface area contributed by atoms with Crippen LogP contribution >= 0.6 is 0 Å². The molecule has 0 amide bonds. The quantitative estimate of drug-likeness (QED) is 0.672. The van der Waals surface area contributed by atoms with Crippen molar-refractivity contribution in [1.82, 2.24) is 0 Å². The van der Waals surface area contributed by atoms with Crippen molar-refractivity contribution in [3.05, 3.63) is 71.2 Å². The maximum atomic E-state index is 6.12. The molecule has 0 fully saturated rings. The van der Waals surface area contributed by atoms with Gasteiger partial charge in [0, 0.05) is 5.57 Å². The fourth-order valence-electron chi connectivity index (χ4n) is 3.19. The lowest BCUT2D eigenvalue weighted by Crippen LogP contribution is -2.29. The van der Waals surface area contributed by atoms with E-state index in [-0.39, 0.29) is 0 Å². The largest absolute Gasteiger partial charge is 0.472 e. The van der Waals surface area contributed by atoms with Crippen LogP contribution in [0.4, 0.5) is 0 Å². The predicted octanol–water partition coefficient (Wildman–Crippen LogP) is 3.10. The van der Waals surface area contributed by atoms with Crippen LogP contribution in [0, 0.1) is 0 Å². The molecule has 5 rings (SSSR count). The molecule has 0 N–H and O–H groups in total. The van der Waals surface area contributed by atoms with Crippen molar-refractivity contribution in [2.75, 3.05) is 0 Å². The zero-order valence-corrected chi connectivity index (χ0v) is 9.55. The van der Waals surface area contributed by atoms with Gasteiger partial charge in [-0.1, -0.05) is 30.3 Å². The van der Waals surface area contributed by atoms with E-state index in [0.29, 0.717) is 0 Å². The summed E-state index contributed by atoms with van der Waals surface area (Å²) in [6, 6.07) is 8.45. The molecule has 84 valence electrons. The molecule has 2 heteroatoms. The van der Waals surface area contributed by atoms with Crippen LogP contribution in [0.1, 0.15) is 11.1 Å². The highest BCUT2D eigenvalue weighted by Crippen LogP contribution is 2.53. The van der Waals surface area contributed by atoms with Crippen LogP contribution in [-0.2, 0) is 4.74 Å². The maximum absolute atomic E-state index is 6.12. The number of rotatable bonds is 0. The molecule has 2 nitrogen and oxygen atoms in total. The first-order valence-corrected chi connectivity index (χ1v) is 6.08. The molecule has 18 heavy (non-hydrogen) atoms. The average Bonchev–Trinajstić information content (AvgIpc) is 2.89. The van der Waals surface area contributed by atoms with E-state index in [4.69, 9.17) is 4.74 Å². The third-order valence-electron chi connectivity index (χ3n) is 3.97. The summed E-state index contributed by atoms with van der Waals surface area (Å²) in [4.78, 5) is 4.40. The summed E-state index contributed by atoms with van der Waals surface area (Å²) in [6.07, 6.45) is 10.3. The standard InChI is InChI=1S/C16H9NO/c1-2-4-11-10(3-1)5-7-16-8-6-12-14(15(11)16)13(18-16)9-17-12/h1-9H. The minimum absolute atomic E-state index is 0.394. The van der Waals surface area contributed by atoms with E-state index in [1.165, 1.54) is 22.3 Å². The molecule has 0 saturated carbocycles. The minimum Gasteiger partial charge on any atom is -0.472 e. The average molecular weight is 231 g/mol. The Balaban J connectivity index is 1.95. The second kappa shape index (κ2) is 2.56. The molecule has 0 aromatic heterocycles. The smallest absolute Gasteiger partial charge is 0.173 e. The first-order chi connectivity index (χ1) is 8.87. The second-order valence-electron chi connectivity index (χ2n) is 4.91. The van der Waals surface area contributed by atoms with E-state index < -0.39 is 5.60 Å². The third kappa shape index (κ3) is 0.788. The van der Waals surface area contributed by atoms with Crippen molar-refractivity contribution in [3.63, 3.8) is 0 Å². The number of hydrogen-bond donors (Lipinski definition) is 0. The number of aliphatic imine (C=N–C) groups is 1. The molecular formula is C16H9NO. The van der Waals surface area contributed by atoms with Crippen molar-refractivity contribution in [2.24, 2.45) is 4.99 Å². The van der Waals surface area contributed by atoms with Crippen LogP contribution in [0.25, 0.3) is 11.6 Å². The molecule has 0 spiro atoms. The third-order valence-corrected chi connectivity index (χ3v) is 3.97. The van der Waals surface area contributed by atoms with Gasteiger partial charge in [0.2, 0.25) is 0 Å². The van der Waals surface area contributed by atoms with Crippen molar-refractivity contribution in [1.29, 1.82) is 0 Å². The zero-order valence-electron chi connectivity index (χ0n) is 9.55. The van der Waals surface area contributed by atoms with Crippen LogP contribution < -0.4 is 0 Å². The number of hydrogen-bond acceptors (Lipinski definition) is 2. The molecule has 2 heterocycles. The Hall–Kier alpha value is -2.35. The molecule has 2 aliphatic heterocycles. The SMILES string of the molecule is C1=CC23C=Cc4ccccc4C2=C2C(=CN=C12)O3. The Bertz CT molecular complexity index is 761. The van der Waals surface area contributed by atoms with Gasteiger partial charge < -0.3 is 4.74 Å². The Morgan fingerprint density at radius 2 is 1.94 bits per heavy atom. The summed E-state index contributed by atoms with van der Waals surface area (Å²) in [7, 11) is 0. The lowest BCUT2D eigenvalue weighted by molar-refractivity contribution is 0.162. The zero-order chi connectivity index (χ0) is 11.7. The molecule has 1 atom stereocenters. The number of ether oxygens (including phenoxy) is 1. The van der Waals surface area contributed by atoms with Crippen molar-refractivity contribution in [2.45, 2.75) is 5.60 Å². The van der Waals surface area contributed by atoms with Crippen molar-refractivity contribution < 1.29 is 4.74 Å². The van der Waals surface area contributed by atoms with Crippen LogP contribution in [0.15, 0.2) is 65.0 Å². The number of fused-ring (bicyclic) bond motifs is 1. The maximum Gasteiger partial charge on any atom is 0.173 e. The van der Waals surface area contributed by atoms with Crippen molar-refractivity contribution in [3.8, 4) is 0 Å². The van der Waals surface area contributed by atoms with E-state index in [1.54, 1.807) is 0 Å². The van der Waals surface area contributed by atoms with Crippen LogP contribution in [-0.4, -0.2) is 11.3 Å². The van der Waals surface area contributed by atoms with Gasteiger partial charge in [0.15, 0.2) is 5.60 Å². The number of nitrogens with zero attached hydrogens (tertiary/aromatic N) is 1. The Kier molecular flexibility index (Phi) is 1.24. The summed E-state index contributed by atoms with van der Waals surface area (Å²) in [5.74, 6) is 0.909. The summed E-state index contributed by atoms with van der Waals surface area (Å²) < 4.78 is 6.12. The van der Waals surface area contributed by atoms with Gasteiger partial charge in [-0.25, -0.2) is 0 Å². The summed E-state index contributed by atoms with van der Waals surface area (Å²) in [6.45, 7) is 0. The van der Waals surface area contributed by atoms with E-state index in [1.807, 2.05) is 6.20 Å². The lowest BCUT2D eigenvalue weighted by Gasteiger charge is -2.31. The predicted molar refractivity (Wildman–Crippen MR) is 70.9 cm³/mol. The molecule has 0 saturated heterocycles. The van der Waals surface area contributed by atoms with Gasteiger partial charge in [-0.2, -0.15) is 0 Å². The van der Waals surface area contributed by atoms with Crippen LogP contribution in [0.5, 0.6) is 0 Å². The minimum atomic E-state index is -0.394. The van der Waals surface area contributed by atoms with Gasteiger partial charge in [-0.05, 0) is 29.4 Å². The van der Waals surface area contributed by atoms with E-state index in [9.17, 15) is 0 Å². The fraction of sp³-hybridized carbons (Fsp3) is 0.0625.